The first-order valence-corrected chi connectivity index (χ1v) is 24.4. The highest BCUT2D eigenvalue weighted by molar-refractivity contribution is 5.70. The summed E-state index contributed by atoms with van der Waals surface area (Å²) in [6, 6.07) is 0. The lowest BCUT2D eigenvalue weighted by atomic mass is 10.00. The third kappa shape index (κ3) is 33.6. The van der Waals surface area contributed by atoms with Crippen LogP contribution < -0.4 is 0 Å². The Morgan fingerprint density at radius 3 is 1.28 bits per heavy atom. The maximum atomic E-state index is 12.8. The zero-order valence-corrected chi connectivity index (χ0v) is 38.8. The predicted octanol–water partition coefficient (Wildman–Crippen LogP) is 12.8. The molecule has 336 valence electrons. The van der Waals surface area contributed by atoms with E-state index in [-0.39, 0.29) is 17.5 Å². The molecule has 0 aromatic rings. The molecule has 0 aromatic carbocycles. The van der Waals surface area contributed by atoms with Crippen LogP contribution in [-0.2, 0) is 19.1 Å². The molecule has 58 heavy (non-hydrogen) atoms. The smallest absolute Gasteiger partial charge is 0.307 e. The zero-order valence-electron chi connectivity index (χ0n) is 38.8. The molecule has 0 aliphatic carbocycles. The fourth-order valence-electron chi connectivity index (χ4n) is 7.52. The van der Waals surface area contributed by atoms with Gasteiger partial charge in [-0.05, 0) is 97.9 Å². The van der Waals surface area contributed by atoms with Gasteiger partial charge in [-0.3, -0.25) is 19.4 Å². The van der Waals surface area contributed by atoms with Crippen molar-refractivity contribution in [1.82, 2.24) is 14.7 Å². The van der Waals surface area contributed by atoms with Crippen molar-refractivity contribution in [3.05, 3.63) is 48.6 Å². The van der Waals surface area contributed by atoms with Crippen molar-refractivity contribution in [2.24, 2.45) is 0 Å². The van der Waals surface area contributed by atoms with E-state index in [2.05, 4.69) is 98.1 Å². The van der Waals surface area contributed by atoms with Crippen LogP contribution in [0.1, 0.15) is 195 Å². The lowest BCUT2D eigenvalue weighted by molar-refractivity contribution is -0.144. The Hall–Kier alpha value is -2.22. The Kier molecular flexibility index (Phi) is 36.1. The van der Waals surface area contributed by atoms with Gasteiger partial charge in [0.2, 0.25) is 0 Å². The van der Waals surface area contributed by atoms with E-state index in [4.69, 9.17) is 9.47 Å². The van der Waals surface area contributed by atoms with Gasteiger partial charge in [0.05, 0.1) is 26.1 Å². The number of likely N-dealkylation sites (N-methyl/N-ethyl adjacent to an activating group) is 1. The topological polar surface area (TPSA) is 62.3 Å². The van der Waals surface area contributed by atoms with Crippen LogP contribution in [0.4, 0.5) is 0 Å². The van der Waals surface area contributed by atoms with Crippen molar-refractivity contribution in [3.8, 4) is 0 Å². The second kappa shape index (κ2) is 38.9. The summed E-state index contributed by atoms with van der Waals surface area (Å²) in [5, 5.41) is 0. The molecule has 0 saturated carbocycles. The summed E-state index contributed by atoms with van der Waals surface area (Å²) >= 11 is 0. The maximum absolute atomic E-state index is 12.8. The van der Waals surface area contributed by atoms with E-state index in [1.165, 1.54) is 116 Å². The van der Waals surface area contributed by atoms with Crippen molar-refractivity contribution in [1.29, 1.82) is 0 Å². The monoisotopic (exact) mass is 812 g/mol. The molecule has 1 aliphatic rings. The fourth-order valence-corrected chi connectivity index (χ4v) is 7.52. The summed E-state index contributed by atoms with van der Waals surface area (Å²) in [5.41, 5.74) is -0.183. The average Bonchev–Trinajstić information content (AvgIpc) is 3.20. The molecule has 0 amide bonds. The van der Waals surface area contributed by atoms with Gasteiger partial charge < -0.3 is 14.4 Å². The Labute approximate surface area is 359 Å². The quantitative estimate of drug-likeness (QED) is 0.0348. The van der Waals surface area contributed by atoms with E-state index < -0.39 is 0 Å². The standard InChI is InChI=1S/C51H93N3O4/c1-6-8-10-12-14-16-18-20-22-24-26-28-30-32-34-36-46-57-49(55)38-40-54(51(3,4)48-53-44-42-52(5)43-45-53)41-39-50(56)58-47-37-35-33-31-29-27-25-23-21-19-17-15-13-11-9-7-2/h14-17,20-23H,6-13,18-19,24-48H2,1-5H3/b16-14-,17-15-,22-20-,23-21-. The number of carbonyl (C=O) groups excluding carboxylic acids is 2. The van der Waals surface area contributed by atoms with Crippen LogP contribution in [0.3, 0.4) is 0 Å². The Morgan fingerprint density at radius 1 is 0.517 bits per heavy atom. The van der Waals surface area contributed by atoms with Crippen molar-refractivity contribution < 1.29 is 19.1 Å². The maximum Gasteiger partial charge on any atom is 0.307 e. The van der Waals surface area contributed by atoms with Crippen LogP contribution >= 0.6 is 0 Å². The molecule has 0 spiro atoms. The molecule has 0 aromatic heterocycles. The minimum absolute atomic E-state index is 0.136. The molecule has 0 atom stereocenters. The molecule has 1 heterocycles. The number of ether oxygens (including phenoxy) is 2. The van der Waals surface area contributed by atoms with E-state index in [0.717, 1.165) is 71.2 Å². The SMILES string of the molecule is CCCCC/C=C\C/C=C\CCCCCCCCOC(=O)CCN(CCC(=O)OCCCCCCCC/C=C\C/C=C\CCCCC)C(C)(C)CN1CCN(C)CC1. The number of allylic oxidation sites excluding steroid dienone is 8. The molecule has 1 fully saturated rings. The second-order valence-corrected chi connectivity index (χ2v) is 17.5. The largest absolute Gasteiger partial charge is 0.466 e. The van der Waals surface area contributed by atoms with Gasteiger partial charge in [-0.25, -0.2) is 0 Å². The van der Waals surface area contributed by atoms with Gasteiger partial charge in [0.25, 0.3) is 0 Å². The van der Waals surface area contributed by atoms with Crippen molar-refractivity contribution in [2.45, 2.75) is 200 Å². The Bertz CT molecular complexity index is 1010. The fraction of sp³-hybridized carbons (Fsp3) is 0.804. The summed E-state index contributed by atoms with van der Waals surface area (Å²) in [5.74, 6) is -0.272. The number of carbonyl (C=O) groups is 2. The van der Waals surface area contributed by atoms with Crippen LogP contribution in [0, 0.1) is 0 Å². The highest BCUT2D eigenvalue weighted by atomic mass is 16.5. The van der Waals surface area contributed by atoms with E-state index in [9.17, 15) is 9.59 Å². The normalized spacial score (nSPS) is 14.7. The van der Waals surface area contributed by atoms with Crippen LogP contribution in [0.2, 0.25) is 0 Å². The lowest BCUT2D eigenvalue weighted by Gasteiger charge is -2.43. The number of rotatable bonds is 39. The van der Waals surface area contributed by atoms with Crippen LogP contribution in [0.5, 0.6) is 0 Å². The van der Waals surface area contributed by atoms with Gasteiger partial charge in [-0.2, -0.15) is 0 Å². The molecule has 1 aliphatic heterocycles. The zero-order chi connectivity index (χ0) is 42.2. The van der Waals surface area contributed by atoms with Crippen LogP contribution in [-0.4, -0.2) is 98.3 Å². The molecule has 0 unspecified atom stereocenters. The molecule has 0 N–H and O–H groups in total. The van der Waals surface area contributed by atoms with Gasteiger partial charge in [0.1, 0.15) is 0 Å². The minimum atomic E-state index is -0.183. The van der Waals surface area contributed by atoms with Gasteiger partial charge in [0.15, 0.2) is 0 Å². The molecule has 1 rings (SSSR count). The van der Waals surface area contributed by atoms with Crippen molar-refractivity contribution in [2.75, 3.05) is 66.1 Å². The highest BCUT2D eigenvalue weighted by Crippen LogP contribution is 2.19. The molecule has 7 heteroatoms. The van der Waals surface area contributed by atoms with Crippen molar-refractivity contribution >= 4 is 11.9 Å². The van der Waals surface area contributed by atoms with Crippen molar-refractivity contribution in [3.63, 3.8) is 0 Å². The summed E-state index contributed by atoms with van der Waals surface area (Å²) in [6.45, 7) is 16.3. The number of hydrogen-bond donors (Lipinski definition) is 0. The van der Waals surface area contributed by atoms with E-state index in [0.29, 0.717) is 39.1 Å². The number of piperazine rings is 1. The van der Waals surface area contributed by atoms with E-state index in [1.807, 2.05) is 0 Å². The first-order chi connectivity index (χ1) is 28.3. The first kappa shape index (κ1) is 53.8. The minimum Gasteiger partial charge on any atom is -0.466 e. The molecule has 1 saturated heterocycles. The number of unbranched alkanes of at least 4 members (excludes halogenated alkanes) is 18. The molecular formula is C51H93N3O4. The van der Waals surface area contributed by atoms with Gasteiger partial charge in [-0.15, -0.1) is 0 Å². The molecule has 7 nitrogen and oxygen atoms in total. The summed E-state index contributed by atoms with van der Waals surface area (Å²) in [4.78, 5) is 32.8. The predicted molar refractivity (Wildman–Crippen MR) is 249 cm³/mol. The number of esters is 2. The summed E-state index contributed by atoms with van der Waals surface area (Å²) in [7, 11) is 2.18. The Morgan fingerprint density at radius 2 is 0.879 bits per heavy atom. The second-order valence-electron chi connectivity index (χ2n) is 17.5. The lowest BCUT2D eigenvalue weighted by Crippen LogP contribution is -2.56. The summed E-state index contributed by atoms with van der Waals surface area (Å²) < 4.78 is 11.3. The third-order valence-corrected chi connectivity index (χ3v) is 11.5. The average molecular weight is 812 g/mol. The molecular weight excluding hydrogens is 719 g/mol. The van der Waals surface area contributed by atoms with E-state index >= 15 is 0 Å². The molecule has 0 radical (unpaired) electrons. The summed E-state index contributed by atoms with van der Waals surface area (Å²) in [6.07, 6.45) is 47.9. The van der Waals surface area contributed by atoms with Crippen LogP contribution in [0.25, 0.3) is 0 Å². The number of hydrogen-bond acceptors (Lipinski definition) is 7. The Balaban J connectivity index is 2.26. The third-order valence-electron chi connectivity index (χ3n) is 11.5. The molecule has 0 bridgehead atoms. The van der Waals surface area contributed by atoms with Gasteiger partial charge >= 0.3 is 11.9 Å². The number of nitrogens with zero attached hydrogens (tertiary/aromatic N) is 3. The highest BCUT2D eigenvalue weighted by Gasteiger charge is 2.31. The van der Waals surface area contributed by atoms with Crippen LogP contribution in [0.15, 0.2) is 48.6 Å². The van der Waals surface area contributed by atoms with Gasteiger partial charge in [0, 0.05) is 51.4 Å². The van der Waals surface area contributed by atoms with E-state index in [1.54, 1.807) is 0 Å². The van der Waals surface area contributed by atoms with Gasteiger partial charge in [-0.1, -0.05) is 140 Å². The first-order valence-electron chi connectivity index (χ1n) is 24.4.